The number of pyridine rings is 1. The molecule has 3 heterocycles. The van der Waals surface area contributed by atoms with Gasteiger partial charge < -0.3 is 20.8 Å². The normalized spacial score (nSPS) is 28.1. The number of benzene rings is 3. The quantitative estimate of drug-likeness (QED) is 0.140. The van der Waals surface area contributed by atoms with Crippen LogP contribution in [0, 0.1) is 11.2 Å². The van der Waals surface area contributed by atoms with Gasteiger partial charge in [-0.3, -0.25) is 14.5 Å². The van der Waals surface area contributed by atoms with Crippen LogP contribution in [0.2, 0.25) is 10.2 Å². The standard InChI is InChI=1S/C44H47Cl2FN4O4/c1-42(2)20-22-43(23-21-42)44(32-18-13-28(45)25-33(32)50-41(44)55)34(31-19-24-48-39(46)35(31)47)37(40(54)49-29-14-16-30(52)17-15-29)51(43)36(26-9-5-3-6-10-26)38(53)27-11-7-4-8-12-27/h3-13,18-19,24-25,29-30,34,36-38,52-53H,14-17,20-23H2,1-2H3,(H,49,54)(H,50,55)/t29?,30?,34-,36+,37+,38-,44?/m0/s1. The Morgan fingerprint density at radius 3 is 2.22 bits per heavy atom. The molecule has 1 saturated heterocycles. The van der Waals surface area contributed by atoms with Crippen LogP contribution < -0.4 is 10.6 Å². The van der Waals surface area contributed by atoms with E-state index in [1.165, 1.54) is 6.20 Å². The number of hydrogen-bond acceptors (Lipinski definition) is 6. The highest BCUT2D eigenvalue weighted by Crippen LogP contribution is 2.69. The van der Waals surface area contributed by atoms with Gasteiger partial charge in [-0.05, 0) is 97.2 Å². The van der Waals surface area contributed by atoms with Crippen LogP contribution in [0.25, 0.3) is 0 Å². The second kappa shape index (κ2) is 14.6. The Balaban J connectivity index is 1.47. The second-order valence-electron chi connectivity index (χ2n) is 16.7. The number of amides is 2. The van der Waals surface area contributed by atoms with Gasteiger partial charge in [0.1, 0.15) is 5.41 Å². The average molecular weight is 786 g/mol. The van der Waals surface area contributed by atoms with Crippen LogP contribution in [0.3, 0.4) is 0 Å². The maximum Gasteiger partial charge on any atom is 0.238 e. The number of hydrogen-bond donors (Lipinski definition) is 4. The Morgan fingerprint density at radius 1 is 0.927 bits per heavy atom. The Kier molecular flexibility index (Phi) is 10.1. The number of aliphatic hydroxyl groups excluding tert-OH is 2. The smallest absolute Gasteiger partial charge is 0.238 e. The average Bonchev–Trinajstić information content (AvgIpc) is 3.60. The topological polar surface area (TPSA) is 115 Å². The Bertz CT molecular complexity index is 2070. The molecule has 8 nitrogen and oxygen atoms in total. The molecule has 3 aromatic carbocycles. The van der Waals surface area contributed by atoms with Gasteiger partial charge in [0.05, 0.1) is 24.3 Å². The van der Waals surface area contributed by atoms with Crippen molar-refractivity contribution in [2.45, 2.75) is 112 Å². The highest BCUT2D eigenvalue weighted by molar-refractivity contribution is 6.31. The second-order valence-corrected chi connectivity index (χ2v) is 17.5. The van der Waals surface area contributed by atoms with E-state index in [2.05, 4.69) is 34.4 Å². The third-order valence-corrected chi connectivity index (χ3v) is 13.7. The number of anilines is 1. The monoisotopic (exact) mass is 784 g/mol. The van der Waals surface area contributed by atoms with E-state index in [0.29, 0.717) is 73.2 Å². The number of carbonyl (C=O) groups is 2. The van der Waals surface area contributed by atoms with Gasteiger partial charge in [-0.2, -0.15) is 0 Å². The molecule has 5 atom stereocenters. The first-order valence-corrected chi connectivity index (χ1v) is 20.1. The predicted molar refractivity (Wildman–Crippen MR) is 211 cm³/mol. The molecule has 288 valence electrons. The lowest BCUT2D eigenvalue weighted by molar-refractivity contribution is -0.137. The summed E-state index contributed by atoms with van der Waals surface area (Å²) in [4.78, 5) is 37.3. The van der Waals surface area contributed by atoms with Gasteiger partial charge in [0.15, 0.2) is 11.0 Å². The summed E-state index contributed by atoms with van der Waals surface area (Å²) in [6.45, 7) is 4.42. The molecule has 0 bridgehead atoms. The van der Waals surface area contributed by atoms with Gasteiger partial charge in [-0.25, -0.2) is 9.37 Å². The molecule has 2 saturated carbocycles. The summed E-state index contributed by atoms with van der Waals surface area (Å²) in [7, 11) is 0. The predicted octanol–water partition coefficient (Wildman–Crippen LogP) is 8.42. The van der Waals surface area contributed by atoms with E-state index in [4.69, 9.17) is 23.2 Å². The number of fused-ring (bicyclic) bond motifs is 3. The zero-order valence-electron chi connectivity index (χ0n) is 31.0. The molecule has 4 aliphatic rings. The summed E-state index contributed by atoms with van der Waals surface area (Å²) in [5.74, 6) is -2.66. The van der Waals surface area contributed by atoms with Gasteiger partial charge in [-0.15, -0.1) is 0 Å². The summed E-state index contributed by atoms with van der Waals surface area (Å²) in [5.41, 5.74) is -0.161. The van der Waals surface area contributed by atoms with Crippen molar-refractivity contribution in [3.8, 4) is 0 Å². The summed E-state index contributed by atoms with van der Waals surface area (Å²) in [6.07, 6.45) is 4.38. The third kappa shape index (κ3) is 6.27. The molecule has 2 aliphatic heterocycles. The van der Waals surface area contributed by atoms with Crippen molar-refractivity contribution < 1.29 is 24.2 Å². The van der Waals surface area contributed by atoms with Crippen molar-refractivity contribution in [3.63, 3.8) is 0 Å². The Morgan fingerprint density at radius 2 is 1.56 bits per heavy atom. The maximum atomic E-state index is 17.0. The van der Waals surface area contributed by atoms with Crippen LogP contribution in [0.15, 0.2) is 91.1 Å². The molecular weight excluding hydrogens is 738 g/mol. The number of halogens is 3. The van der Waals surface area contributed by atoms with Crippen molar-refractivity contribution in [2.24, 2.45) is 5.41 Å². The Hall–Kier alpha value is -3.86. The van der Waals surface area contributed by atoms with Crippen LogP contribution in [0.1, 0.15) is 106 Å². The van der Waals surface area contributed by atoms with E-state index in [1.807, 2.05) is 66.7 Å². The minimum atomic E-state index is -1.55. The summed E-state index contributed by atoms with van der Waals surface area (Å²) in [5, 5.41) is 29.7. The molecule has 11 heteroatoms. The molecule has 1 unspecified atom stereocenters. The lowest BCUT2D eigenvalue weighted by atomic mass is 9.53. The largest absolute Gasteiger partial charge is 0.393 e. The maximum absolute atomic E-state index is 17.0. The molecule has 0 radical (unpaired) electrons. The van der Waals surface area contributed by atoms with Crippen LogP contribution in [-0.2, 0) is 15.0 Å². The van der Waals surface area contributed by atoms with Crippen LogP contribution in [-0.4, -0.2) is 55.6 Å². The van der Waals surface area contributed by atoms with Gasteiger partial charge in [0.2, 0.25) is 11.8 Å². The van der Waals surface area contributed by atoms with Crippen molar-refractivity contribution in [2.75, 3.05) is 5.32 Å². The molecular formula is C44H47Cl2FN4O4. The zero-order chi connectivity index (χ0) is 38.7. The highest BCUT2D eigenvalue weighted by Gasteiger charge is 2.77. The van der Waals surface area contributed by atoms with E-state index < -0.39 is 47.0 Å². The first kappa shape index (κ1) is 38.0. The number of nitrogens with one attached hydrogen (secondary N) is 2. The number of nitrogens with zero attached hydrogens (tertiary/aromatic N) is 2. The highest BCUT2D eigenvalue weighted by atomic mass is 35.5. The van der Waals surface area contributed by atoms with Gasteiger partial charge in [0, 0.05) is 34.4 Å². The van der Waals surface area contributed by atoms with Crippen molar-refractivity contribution >= 4 is 40.7 Å². The number of aliphatic hydroxyl groups is 2. The van der Waals surface area contributed by atoms with E-state index in [-0.39, 0.29) is 34.0 Å². The third-order valence-electron chi connectivity index (χ3n) is 13.2. The molecule has 3 fully saturated rings. The molecule has 2 spiro atoms. The van der Waals surface area contributed by atoms with Crippen molar-refractivity contribution in [1.82, 2.24) is 15.2 Å². The first-order chi connectivity index (χ1) is 26.4. The fraction of sp³-hybridized carbons (Fsp3) is 0.432. The Labute approximate surface area is 331 Å². The van der Waals surface area contributed by atoms with Crippen LogP contribution >= 0.6 is 23.2 Å². The minimum absolute atomic E-state index is 0.0969. The van der Waals surface area contributed by atoms with Gasteiger partial charge in [-0.1, -0.05) is 104 Å². The van der Waals surface area contributed by atoms with Crippen molar-refractivity contribution in [3.05, 3.63) is 129 Å². The SMILES string of the molecule is CC1(C)CCC2(CC1)N([C@H](c1ccccc1)[C@@H](O)c1ccccc1)[C@@H](C(=O)NC1CCC(O)CC1)[C@H](c1ccnc(Cl)c1F)C21C(=O)Nc2cc(Cl)ccc21. The lowest BCUT2D eigenvalue weighted by Gasteiger charge is -2.56. The zero-order valence-corrected chi connectivity index (χ0v) is 32.5. The number of likely N-dealkylation sites (tertiary alicyclic amines) is 1. The molecule has 4 aromatic rings. The summed E-state index contributed by atoms with van der Waals surface area (Å²) >= 11 is 13.1. The first-order valence-electron chi connectivity index (χ1n) is 19.3. The molecule has 4 N–H and O–H groups in total. The molecule has 2 amide bonds. The molecule has 55 heavy (non-hydrogen) atoms. The summed E-state index contributed by atoms with van der Waals surface area (Å²) in [6, 6.07) is 23.5. The summed E-state index contributed by atoms with van der Waals surface area (Å²) < 4.78 is 17.0. The van der Waals surface area contributed by atoms with Crippen molar-refractivity contribution in [1.29, 1.82) is 0 Å². The number of rotatable bonds is 7. The van der Waals surface area contributed by atoms with Gasteiger partial charge in [0.25, 0.3) is 0 Å². The van der Waals surface area contributed by atoms with Crippen LogP contribution in [0.4, 0.5) is 10.1 Å². The molecule has 1 aromatic heterocycles. The van der Waals surface area contributed by atoms with E-state index in [1.54, 1.807) is 18.2 Å². The molecule has 2 aliphatic carbocycles. The van der Waals surface area contributed by atoms with E-state index >= 15 is 14.0 Å². The fourth-order valence-electron chi connectivity index (χ4n) is 10.5. The minimum Gasteiger partial charge on any atom is -0.393 e. The van der Waals surface area contributed by atoms with E-state index in [0.717, 1.165) is 5.56 Å². The number of aromatic nitrogens is 1. The van der Waals surface area contributed by atoms with Gasteiger partial charge >= 0.3 is 0 Å². The lowest BCUT2D eigenvalue weighted by Crippen LogP contribution is -2.64. The fourth-order valence-corrected chi connectivity index (χ4v) is 10.8. The van der Waals surface area contributed by atoms with E-state index in [9.17, 15) is 10.2 Å². The molecule has 8 rings (SSSR count). The number of carbonyl (C=O) groups excluding carboxylic acids is 2. The van der Waals surface area contributed by atoms with Crippen LogP contribution in [0.5, 0.6) is 0 Å².